The van der Waals surface area contributed by atoms with Crippen LogP contribution in [0.25, 0.3) is 0 Å². The maximum atomic E-state index is 12.3. The van der Waals surface area contributed by atoms with E-state index in [0.717, 1.165) is 0 Å². The predicted molar refractivity (Wildman–Crippen MR) is 71.5 cm³/mol. The zero-order valence-corrected chi connectivity index (χ0v) is 11.8. The molecule has 1 fully saturated rings. The lowest BCUT2D eigenvalue weighted by molar-refractivity contribution is 0.0600. The fraction of sp³-hybridized carbons (Fsp3) is 0.417. The van der Waals surface area contributed by atoms with Crippen LogP contribution in [0.4, 0.5) is 5.69 Å². The van der Waals surface area contributed by atoms with Gasteiger partial charge in [-0.15, -0.1) is 0 Å². The SMILES string of the molecule is COC(=O)c1ccc(S(=O)(=O)N2CC(CO)C2)c(N)c1. The first kappa shape index (κ1) is 14.8. The van der Waals surface area contributed by atoms with Crippen molar-refractivity contribution in [2.24, 2.45) is 5.92 Å². The molecule has 0 unspecified atom stereocenters. The van der Waals surface area contributed by atoms with E-state index in [1.54, 1.807) is 0 Å². The van der Waals surface area contributed by atoms with Crippen molar-refractivity contribution in [2.45, 2.75) is 4.90 Å². The van der Waals surface area contributed by atoms with Crippen LogP contribution in [-0.2, 0) is 14.8 Å². The number of sulfonamides is 1. The third-order valence-corrected chi connectivity index (χ3v) is 5.14. The second-order valence-corrected chi connectivity index (χ2v) is 6.52. The molecular weight excluding hydrogens is 284 g/mol. The van der Waals surface area contributed by atoms with E-state index in [-0.39, 0.29) is 41.8 Å². The lowest BCUT2D eigenvalue weighted by Gasteiger charge is -2.37. The molecule has 1 heterocycles. The number of anilines is 1. The molecule has 20 heavy (non-hydrogen) atoms. The normalized spacial score (nSPS) is 16.7. The largest absolute Gasteiger partial charge is 0.465 e. The van der Waals surface area contributed by atoms with Crippen LogP contribution in [0, 0.1) is 5.92 Å². The summed E-state index contributed by atoms with van der Waals surface area (Å²) in [6.45, 7) is 0.511. The molecule has 3 N–H and O–H groups in total. The molecule has 2 rings (SSSR count). The monoisotopic (exact) mass is 300 g/mol. The van der Waals surface area contributed by atoms with Crippen LogP contribution in [0.2, 0.25) is 0 Å². The minimum atomic E-state index is -3.68. The van der Waals surface area contributed by atoms with Crippen LogP contribution < -0.4 is 5.73 Å². The number of aliphatic hydroxyl groups excluding tert-OH is 1. The van der Waals surface area contributed by atoms with Crippen molar-refractivity contribution < 1.29 is 23.1 Å². The molecule has 0 spiro atoms. The van der Waals surface area contributed by atoms with Gasteiger partial charge in [0.2, 0.25) is 10.0 Å². The Labute approximate surface area is 117 Å². The van der Waals surface area contributed by atoms with Gasteiger partial charge in [0, 0.05) is 25.6 Å². The van der Waals surface area contributed by atoms with E-state index in [1.807, 2.05) is 0 Å². The summed E-state index contributed by atoms with van der Waals surface area (Å²) in [6.07, 6.45) is 0. The van der Waals surface area contributed by atoms with Crippen molar-refractivity contribution in [1.82, 2.24) is 4.31 Å². The molecule has 0 atom stereocenters. The molecule has 0 amide bonds. The maximum Gasteiger partial charge on any atom is 0.337 e. The molecule has 0 bridgehead atoms. The fourth-order valence-electron chi connectivity index (χ4n) is 2.00. The molecule has 1 aromatic rings. The minimum absolute atomic E-state index is 0.000323. The number of nitrogens with two attached hydrogens (primary N) is 1. The third-order valence-electron chi connectivity index (χ3n) is 3.23. The summed E-state index contributed by atoms with van der Waals surface area (Å²) >= 11 is 0. The molecule has 8 heteroatoms. The molecular formula is C12H16N2O5S. The van der Waals surface area contributed by atoms with Crippen molar-refractivity contribution in [2.75, 3.05) is 32.5 Å². The zero-order chi connectivity index (χ0) is 14.9. The van der Waals surface area contributed by atoms with Crippen molar-refractivity contribution in [3.63, 3.8) is 0 Å². The summed E-state index contributed by atoms with van der Waals surface area (Å²) in [5.74, 6) is -0.606. The second-order valence-electron chi connectivity index (χ2n) is 4.61. The third kappa shape index (κ3) is 2.49. The highest BCUT2D eigenvalue weighted by molar-refractivity contribution is 7.89. The van der Waals surface area contributed by atoms with Gasteiger partial charge in [-0.1, -0.05) is 0 Å². The summed E-state index contributed by atoms with van der Waals surface area (Å²) in [4.78, 5) is 11.3. The van der Waals surface area contributed by atoms with E-state index in [0.29, 0.717) is 0 Å². The summed E-state index contributed by atoms with van der Waals surface area (Å²) in [7, 11) is -2.45. The lowest BCUT2D eigenvalue weighted by atomic mass is 10.1. The summed E-state index contributed by atoms with van der Waals surface area (Å²) in [5.41, 5.74) is 5.92. The first-order valence-corrected chi connectivity index (χ1v) is 7.43. The predicted octanol–water partition coefficient (Wildman–Crippen LogP) is -0.332. The first-order valence-electron chi connectivity index (χ1n) is 5.99. The first-order chi connectivity index (χ1) is 9.40. The number of hydrogen-bond donors (Lipinski definition) is 2. The molecule has 0 aliphatic carbocycles. The second kappa shape index (κ2) is 5.39. The maximum absolute atomic E-state index is 12.3. The molecule has 1 aliphatic rings. The number of nitrogen functional groups attached to an aromatic ring is 1. The van der Waals surface area contributed by atoms with Crippen LogP contribution in [0.15, 0.2) is 23.1 Å². The van der Waals surface area contributed by atoms with Gasteiger partial charge in [-0.25, -0.2) is 13.2 Å². The molecule has 1 aliphatic heterocycles. The van der Waals surface area contributed by atoms with Crippen LogP contribution in [0.5, 0.6) is 0 Å². The Hall–Kier alpha value is -1.64. The van der Waals surface area contributed by atoms with E-state index >= 15 is 0 Å². The molecule has 110 valence electrons. The van der Waals surface area contributed by atoms with Gasteiger partial charge in [0.05, 0.1) is 18.4 Å². The molecule has 0 radical (unpaired) electrons. The average Bonchev–Trinajstić information content (AvgIpc) is 2.35. The molecule has 0 aromatic heterocycles. The van der Waals surface area contributed by atoms with E-state index in [2.05, 4.69) is 4.74 Å². The van der Waals surface area contributed by atoms with Crippen molar-refractivity contribution in [1.29, 1.82) is 0 Å². The standard InChI is InChI=1S/C12H16N2O5S/c1-19-12(16)9-2-3-11(10(13)4-9)20(17,18)14-5-8(6-14)7-15/h2-4,8,15H,5-7,13H2,1H3. The summed E-state index contributed by atoms with van der Waals surface area (Å²) in [5, 5.41) is 8.92. The quantitative estimate of drug-likeness (QED) is 0.582. The molecule has 1 aromatic carbocycles. The van der Waals surface area contributed by atoms with Gasteiger partial charge in [0.1, 0.15) is 4.90 Å². The van der Waals surface area contributed by atoms with Crippen LogP contribution in [-0.4, -0.2) is 50.6 Å². The topological polar surface area (TPSA) is 110 Å². The fourth-order valence-corrected chi connectivity index (χ4v) is 3.69. The van der Waals surface area contributed by atoms with Crippen molar-refractivity contribution in [3.05, 3.63) is 23.8 Å². The zero-order valence-electron chi connectivity index (χ0n) is 10.9. The highest BCUT2D eigenvalue weighted by atomic mass is 32.2. The number of aliphatic hydroxyl groups is 1. The lowest BCUT2D eigenvalue weighted by Crippen LogP contribution is -2.51. The average molecular weight is 300 g/mol. The van der Waals surface area contributed by atoms with Gasteiger partial charge >= 0.3 is 5.97 Å². The Balaban J connectivity index is 2.27. The highest BCUT2D eigenvalue weighted by Crippen LogP contribution is 2.28. The van der Waals surface area contributed by atoms with E-state index in [1.165, 1.54) is 29.6 Å². The number of methoxy groups -OCH3 is 1. The van der Waals surface area contributed by atoms with Crippen molar-refractivity contribution >= 4 is 21.7 Å². The van der Waals surface area contributed by atoms with Gasteiger partial charge in [-0.05, 0) is 18.2 Å². The summed E-state index contributed by atoms with van der Waals surface area (Å²) in [6, 6.07) is 3.93. The Morgan fingerprint density at radius 3 is 2.65 bits per heavy atom. The number of benzene rings is 1. The Morgan fingerprint density at radius 1 is 1.50 bits per heavy atom. The number of rotatable bonds is 4. The Bertz CT molecular complexity index is 623. The number of hydrogen-bond acceptors (Lipinski definition) is 6. The van der Waals surface area contributed by atoms with Crippen molar-refractivity contribution in [3.8, 4) is 0 Å². The number of esters is 1. The van der Waals surface area contributed by atoms with Gasteiger partial charge in [-0.2, -0.15) is 4.31 Å². The number of carbonyl (C=O) groups excluding carboxylic acids is 1. The Kier molecular flexibility index (Phi) is 3.98. The van der Waals surface area contributed by atoms with E-state index < -0.39 is 16.0 Å². The molecule has 1 saturated heterocycles. The van der Waals surface area contributed by atoms with Gasteiger partial charge in [0.25, 0.3) is 0 Å². The molecule has 0 saturated carbocycles. The number of carbonyl (C=O) groups is 1. The van der Waals surface area contributed by atoms with Crippen LogP contribution in [0.1, 0.15) is 10.4 Å². The Morgan fingerprint density at radius 2 is 2.15 bits per heavy atom. The number of ether oxygens (including phenoxy) is 1. The van der Waals surface area contributed by atoms with Gasteiger partial charge < -0.3 is 15.6 Å². The molecule has 7 nitrogen and oxygen atoms in total. The smallest absolute Gasteiger partial charge is 0.337 e. The van der Waals surface area contributed by atoms with Gasteiger partial charge in [0.15, 0.2) is 0 Å². The van der Waals surface area contributed by atoms with E-state index in [9.17, 15) is 13.2 Å². The number of nitrogens with zero attached hydrogens (tertiary/aromatic N) is 1. The summed E-state index contributed by atoms with van der Waals surface area (Å²) < 4.78 is 30.4. The van der Waals surface area contributed by atoms with Crippen LogP contribution >= 0.6 is 0 Å². The van der Waals surface area contributed by atoms with E-state index in [4.69, 9.17) is 10.8 Å². The van der Waals surface area contributed by atoms with Gasteiger partial charge in [-0.3, -0.25) is 0 Å². The highest BCUT2D eigenvalue weighted by Gasteiger charge is 2.37. The minimum Gasteiger partial charge on any atom is -0.465 e. The van der Waals surface area contributed by atoms with Crippen LogP contribution in [0.3, 0.4) is 0 Å².